The molecule has 8 aromatic heterocycles. The van der Waals surface area contributed by atoms with E-state index in [4.69, 9.17) is 9.47 Å². The Morgan fingerprint density at radius 2 is 0.446 bits per heavy atom. The third-order valence-corrected chi connectivity index (χ3v) is 8.85. The first-order chi connectivity index (χ1) is 26.8. The third kappa shape index (κ3) is 19.3. The van der Waals surface area contributed by atoms with Gasteiger partial charge in [-0.2, -0.15) is 40.8 Å². The van der Waals surface area contributed by atoms with Crippen LogP contribution in [0.3, 0.4) is 0 Å². The van der Waals surface area contributed by atoms with Crippen molar-refractivity contribution in [3.63, 3.8) is 0 Å². The number of hydrogen-bond donors (Lipinski definition) is 0. The van der Waals surface area contributed by atoms with Gasteiger partial charge >= 0.3 is 46.1 Å². The normalized spacial score (nSPS) is 12.3. The fraction of sp³-hybridized carbons (Fsp3) is 0.250. The van der Waals surface area contributed by atoms with Crippen LogP contribution in [0.5, 0.6) is 0 Å². The van der Waals surface area contributed by atoms with Gasteiger partial charge in [0.25, 0.3) is 30.2 Å². The molecule has 2 fully saturated rings. The molecule has 284 valence electrons. The van der Waals surface area contributed by atoms with Gasteiger partial charge in [-0.05, 0) is 25.7 Å². The summed E-state index contributed by atoms with van der Waals surface area (Å²) in [6.45, 7) is 4.00. The first-order valence-corrected chi connectivity index (χ1v) is 19.2. The summed E-state index contributed by atoms with van der Waals surface area (Å²) in [5.41, 5.74) is 0. The average Bonchev–Trinajstić information content (AvgIpc) is 4.02. The predicted molar refractivity (Wildman–Crippen MR) is 217 cm³/mol. The topological polar surface area (TPSA) is 171 Å². The van der Waals surface area contributed by atoms with E-state index < -0.39 is 0 Å². The van der Waals surface area contributed by atoms with E-state index in [0.717, 1.165) is 26.4 Å². The predicted octanol–water partition coefficient (Wildman–Crippen LogP) is -5.92. The quantitative estimate of drug-likeness (QED) is 0.140. The first kappa shape index (κ1) is 45.8. The van der Waals surface area contributed by atoms with Crippen molar-refractivity contribution < 1.29 is 50.3 Å². The smallest absolute Gasteiger partial charge is 0.381 e. The van der Waals surface area contributed by atoms with Crippen LogP contribution >= 0.6 is 0 Å². The molecule has 2 aliphatic heterocycles. The Kier molecular flexibility index (Phi) is 23.5. The van der Waals surface area contributed by atoms with Crippen molar-refractivity contribution in [3.8, 4) is 0 Å². The molecule has 0 radical (unpaired) electrons. The Labute approximate surface area is 361 Å². The number of H-pyrrole nitrogens is 8. The Morgan fingerprint density at radius 1 is 0.286 bits per heavy atom. The molecule has 0 aromatic carbocycles. The van der Waals surface area contributed by atoms with Gasteiger partial charge < -0.3 is 46.2 Å². The minimum Gasteiger partial charge on any atom is -0.381 e. The number of ether oxygens (including phenoxy) is 2. The van der Waals surface area contributed by atoms with E-state index in [9.17, 15) is 0 Å². The van der Waals surface area contributed by atoms with Crippen LogP contribution in [0.2, 0.25) is 0 Å². The molecule has 18 nitrogen and oxygen atoms in total. The third-order valence-electron chi connectivity index (χ3n) is 8.85. The number of rotatable bonds is 8. The van der Waals surface area contributed by atoms with E-state index in [1.165, 1.54) is 25.7 Å². The molecular formula is C32H56B4Mg2N16O2+8. The van der Waals surface area contributed by atoms with Crippen LogP contribution in [0.15, 0.2) is 148 Å². The largest absolute Gasteiger partial charge is 2.00 e. The van der Waals surface area contributed by atoms with E-state index in [-0.39, 0.29) is 76.3 Å². The molecule has 2 saturated heterocycles. The maximum atomic E-state index is 4.94. The van der Waals surface area contributed by atoms with E-state index in [1.807, 2.05) is 148 Å². The van der Waals surface area contributed by atoms with E-state index in [0.29, 0.717) is 0 Å². The molecule has 0 bridgehead atoms. The van der Waals surface area contributed by atoms with Crippen molar-refractivity contribution in [3.05, 3.63) is 148 Å². The van der Waals surface area contributed by atoms with Crippen LogP contribution in [-0.4, -0.2) is 139 Å². The van der Waals surface area contributed by atoms with Crippen molar-refractivity contribution in [2.45, 2.75) is 25.7 Å². The van der Waals surface area contributed by atoms with Crippen LogP contribution in [0.1, 0.15) is 25.7 Å². The standard InChI is InChI=1S/4C6H8BN4.2C4H8O.2Mg/c4*1-3-8-10(5-1)7-11-6-2-4-9-11;2*1-2-4-5-3-1;;/h4*1-6H,7H2;2*1-4H2;;/q4*-1;;;2*+2/p+8. The van der Waals surface area contributed by atoms with E-state index in [2.05, 4.69) is 77.5 Å². The fourth-order valence-corrected chi connectivity index (χ4v) is 5.95. The van der Waals surface area contributed by atoms with Gasteiger partial charge in [0.1, 0.15) is 0 Å². The summed E-state index contributed by atoms with van der Waals surface area (Å²) < 4.78 is 26.6. The maximum absolute atomic E-state index is 4.94. The van der Waals surface area contributed by atoms with Gasteiger partial charge in [-0.1, -0.05) is 0 Å². The second-order valence-electron chi connectivity index (χ2n) is 13.4. The van der Waals surface area contributed by atoms with Crippen molar-refractivity contribution in [1.29, 1.82) is 0 Å². The van der Waals surface area contributed by atoms with E-state index in [1.54, 1.807) is 0 Å². The Hall–Kier alpha value is -4.61. The zero-order valence-electron chi connectivity index (χ0n) is 33.3. The summed E-state index contributed by atoms with van der Waals surface area (Å²) >= 11 is 0. The molecule has 8 N–H and O–H groups in total. The molecule has 8 aromatic rings. The zero-order chi connectivity index (χ0) is 37.1. The van der Waals surface area contributed by atoms with Crippen molar-refractivity contribution >= 4 is 76.3 Å². The summed E-state index contributed by atoms with van der Waals surface area (Å²) in [7, 11) is -1.22. The molecule has 0 spiro atoms. The van der Waals surface area contributed by atoms with Gasteiger partial charge in [-0.15, -0.1) is 0 Å². The number of hydrogen-bond acceptors (Lipinski definition) is 2. The molecule has 0 aliphatic carbocycles. The van der Waals surface area contributed by atoms with Crippen LogP contribution in [0.25, 0.3) is 0 Å². The molecular weight excluding hydrogens is 732 g/mol. The number of aromatic amines is 8. The second kappa shape index (κ2) is 28.7. The number of nitrogens with zero attached hydrogens (tertiary/aromatic N) is 8. The summed E-state index contributed by atoms with van der Waals surface area (Å²) in [6.07, 6.45) is 36.8. The van der Waals surface area contributed by atoms with Gasteiger partial charge in [0.15, 0.2) is 49.6 Å². The number of nitrogens with one attached hydrogen (secondary N) is 8. The molecule has 10 rings (SSSR count). The number of aromatic nitrogens is 16. The molecule has 24 heteroatoms. The fourth-order valence-electron chi connectivity index (χ4n) is 5.95. The van der Waals surface area contributed by atoms with Crippen LogP contribution in [0.4, 0.5) is 0 Å². The summed E-state index contributed by atoms with van der Waals surface area (Å²) in [4.78, 5) is 0. The minimum absolute atomic E-state index is 0. The second-order valence-corrected chi connectivity index (χ2v) is 13.4. The van der Waals surface area contributed by atoms with E-state index >= 15 is 0 Å². The van der Waals surface area contributed by atoms with Gasteiger partial charge in [0, 0.05) is 125 Å². The molecule has 0 unspecified atom stereocenters. The van der Waals surface area contributed by atoms with Crippen molar-refractivity contribution in [2.75, 3.05) is 26.4 Å². The Bertz CT molecular complexity index is 1500. The van der Waals surface area contributed by atoms with Crippen molar-refractivity contribution in [1.82, 2.24) is 36.7 Å². The van der Waals surface area contributed by atoms with Crippen LogP contribution in [-0.2, 0) is 9.47 Å². The summed E-state index contributed by atoms with van der Waals surface area (Å²) in [5.74, 6) is 0. The summed E-state index contributed by atoms with van der Waals surface area (Å²) in [6, 6.07) is 15.9. The van der Waals surface area contributed by atoms with Crippen LogP contribution in [0, 0.1) is 0 Å². The maximum Gasteiger partial charge on any atom is 2.00 e. The molecule has 56 heavy (non-hydrogen) atoms. The SMILES string of the molecule is C1CCOC1.C1CCOC1.[BH2-](n1ccc[nH+]1)n1ccc[nH+]1.[BH2-](n1ccc[nH+]1)n1ccc[nH+]1.[BH2-](n1ccc[nH+]1)n1ccc[nH+]1.[BH2-](n1ccc[nH+]1)n1ccc[nH+]1.[Mg+2].[Mg+2]. The molecule has 0 amide bonds. The molecule has 0 saturated carbocycles. The van der Waals surface area contributed by atoms with Crippen molar-refractivity contribution in [2.24, 2.45) is 0 Å². The van der Waals surface area contributed by atoms with Gasteiger partial charge in [0.05, 0.1) is 0 Å². The van der Waals surface area contributed by atoms with Gasteiger partial charge in [-0.3, -0.25) is 0 Å². The minimum atomic E-state index is -0.306. The zero-order valence-corrected chi connectivity index (χ0v) is 36.2. The Morgan fingerprint density at radius 3 is 0.536 bits per heavy atom. The molecule has 2 aliphatic rings. The monoisotopic (exact) mass is 788 g/mol. The van der Waals surface area contributed by atoms with Gasteiger partial charge in [-0.25, -0.2) is 0 Å². The first-order valence-electron chi connectivity index (χ1n) is 19.2. The molecule has 10 heterocycles. The Balaban J connectivity index is 0.000000183. The van der Waals surface area contributed by atoms with Crippen LogP contribution < -0.4 is 40.8 Å². The summed E-state index contributed by atoms with van der Waals surface area (Å²) in [5, 5.41) is 24.9. The average molecular weight is 789 g/mol. The molecule has 0 atom stereocenters. The van der Waals surface area contributed by atoms with Gasteiger partial charge in [0.2, 0.25) is 0 Å².